The van der Waals surface area contributed by atoms with E-state index in [1.165, 1.54) is 0 Å². The largest absolute Gasteiger partial charge is 0.115 e. The Kier molecular flexibility index (Phi) is 6.13. The van der Waals surface area contributed by atoms with Crippen LogP contribution in [-0.2, 0) is 0 Å². The zero-order valence-electron chi connectivity index (χ0n) is 4.47. The average molecular weight is 171 g/mol. The Morgan fingerprint density at radius 3 is 2.75 bits per heavy atom. The van der Waals surface area contributed by atoms with Crippen LogP contribution in [0.5, 0.6) is 0 Å². The van der Waals surface area contributed by atoms with Crippen LogP contribution in [0, 0.1) is 12.3 Å². The molecule has 1 heteroatoms. The van der Waals surface area contributed by atoms with Crippen molar-refractivity contribution in [2.45, 2.75) is 0 Å². The van der Waals surface area contributed by atoms with Crippen molar-refractivity contribution in [3.05, 3.63) is 24.3 Å². The summed E-state index contributed by atoms with van der Waals surface area (Å²) in [4.78, 5) is 0. The first-order valence-corrected chi connectivity index (χ1v) is 3.37. The second kappa shape index (κ2) is 6.52. The van der Waals surface area contributed by atoms with E-state index in [-0.39, 0.29) is 0 Å². The van der Waals surface area contributed by atoms with Crippen LogP contribution in [-0.4, -0.2) is 5.33 Å². The van der Waals surface area contributed by atoms with Gasteiger partial charge in [-0.15, -0.1) is 6.42 Å². The molecule has 0 radical (unpaired) electrons. The molecule has 0 aliphatic carbocycles. The molecule has 0 aromatic carbocycles. The van der Waals surface area contributed by atoms with Gasteiger partial charge in [0, 0.05) is 5.33 Å². The quantitative estimate of drug-likeness (QED) is 0.339. The fourth-order valence-corrected chi connectivity index (χ4v) is 0.457. The highest BCUT2D eigenvalue weighted by molar-refractivity contribution is 9.09. The Morgan fingerprint density at radius 1 is 1.50 bits per heavy atom. The van der Waals surface area contributed by atoms with E-state index < -0.39 is 0 Å². The van der Waals surface area contributed by atoms with E-state index in [4.69, 9.17) is 6.42 Å². The van der Waals surface area contributed by atoms with Crippen LogP contribution in [0.3, 0.4) is 0 Å². The Labute approximate surface area is 58.4 Å². The number of rotatable bonds is 2. The van der Waals surface area contributed by atoms with Gasteiger partial charge in [0.25, 0.3) is 0 Å². The Morgan fingerprint density at radius 2 is 2.25 bits per heavy atom. The lowest BCUT2D eigenvalue weighted by molar-refractivity contribution is 1.79. The van der Waals surface area contributed by atoms with E-state index in [2.05, 4.69) is 21.9 Å². The van der Waals surface area contributed by atoms with Crippen molar-refractivity contribution < 1.29 is 0 Å². The lowest BCUT2D eigenvalue weighted by Crippen LogP contribution is -1.54. The molecule has 42 valence electrons. The number of allylic oxidation sites excluding steroid dienone is 4. The first kappa shape index (κ1) is 7.52. The van der Waals surface area contributed by atoms with Crippen molar-refractivity contribution in [3.8, 4) is 12.3 Å². The first-order chi connectivity index (χ1) is 3.91. The van der Waals surface area contributed by atoms with E-state index in [0.717, 1.165) is 5.33 Å². The van der Waals surface area contributed by atoms with Gasteiger partial charge in [-0.25, -0.2) is 0 Å². The highest BCUT2D eigenvalue weighted by Gasteiger charge is 1.60. The SMILES string of the molecule is C#C/C=C/C=C/CBr. The molecule has 8 heavy (non-hydrogen) atoms. The van der Waals surface area contributed by atoms with Crippen LogP contribution in [0.4, 0.5) is 0 Å². The monoisotopic (exact) mass is 170 g/mol. The standard InChI is InChI=1S/C7H7Br/c1-2-3-4-5-6-7-8/h1,3-6H,7H2/b4-3+,6-5+. The molecule has 0 bridgehead atoms. The molecular formula is C7H7Br. The van der Waals surface area contributed by atoms with Crippen molar-refractivity contribution >= 4 is 15.9 Å². The van der Waals surface area contributed by atoms with Crippen LogP contribution in [0.25, 0.3) is 0 Å². The Hall–Kier alpha value is -0.480. The van der Waals surface area contributed by atoms with Gasteiger partial charge in [0.15, 0.2) is 0 Å². The van der Waals surface area contributed by atoms with Gasteiger partial charge in [0.1, 0.15) is 0 Å². The molecule has 0 amide bonds. The van der Waals surface area contributed by atoms with E-state index in [0.29, 0.717) is 0 Å². The molecule has 0 aliphatic rings. The number of hydrogen-bond donors (Lipinski definition) is 0. The first-order valence-electron chi connectivity index (χ1n) is 2.25. The number of alkyl halides is 1. The molecule has 0 saturated carbocycles. The van der Waals surface area contributed by atoms with Crippen LogP contribution < -0.4 is 0 Å². The van der Waals surface area contributed by atoms with E-state index >= 15 is 0 Å². The molecule has 0 atom stereocenters. The fraction of sp³-hybridized carbons (Fsp3) is 0.143. The highest BCUT2D eigenvalue weighted by atomic mass is 79.9. The molecule has 0 nitrogen and oxygen atoms in total. The summed E-state index contributed by atoms with van der Waals surface area (Å²) in [6.45, 7) is 0. The van der Waals surface area contributed by atoms with Crippen molar-refractivity contribution in [2.75, 3.05) is 5.33 Å². The third-order valence-electron chi connectivity index (χ3n) is 0.529. The summed E-state index contributed by atoms with van der Waals surface area (Å²) >= 11 is 3.23. The summed E-state index contributed by atoms with van der Waals surface area (Å²) in [6, 6.07) is 0. The third kappa shape index (κ3) is 5.52. The molecule has 0 N–H and O–H groups in total. The topological polar surface area (TPSA) is 0 Å². The molecule has 0 aliphatic heterocycles. The molecule has 0 aromatic rings. The van der Waals surface area contributed by atoms with Gasteiger partial charge < -0.3 is 0 Å². The zero-order chi connectivity index (χ0) is 6.24. The van der Waals surface area contributed by atoms with Crippen molar-refractivity contribution in [2.24, 2.45) is 0 Å². The van der Waals surface area contributed by atoms with Gasteiger partial charge in [0.05, 0.1) is 0 Å². The van der Waals surface area contributed by atoms with Crippen LogP contribution >= 0.6 is 15.9 Å². The smallest absolute Gasteiger partial charge is 0.0215 e. The summed E-state index contributed by atoms with van der Waals surface area (Å²) in [5, 5.41) is 0.877. The van der Waals surface area contributed by atoms with E-state index in [9.17, 15) is 0 Å². The van der Waals surface area contributed by atoms with E-state index in [1.807, 2.05) is 18.2 Å². The van der Waals surface area contributed by atoms with Crippen molar-refractivity contribution in [1.82, 2.24) is 0 Å². The van der Waals surface area contributed by atoms with Gasteiger partial charge in [-0.05, 0) is 6.08 Å². The zero-order valence-corrected chi connectivity index (χ0v) is 6.06. The van der Waals surface area contributed by atoms with Gasteiger partial charge in [-0.3, -0.25) is 0 Å². The Balaban J connectivity index is 3.31. The maximum atomic E-state index is 4.93. The number of terminal acetylenes is 1. The van der Waals surface area contributed by atoms with Gasteiger partial charge >= 0.3 is 0 Å². The lowest BCUT2D eigenvalue weighted by Gasteiger charge is -1.69. The summed E-state index contributed by atoms with van der Waals surface area (Å²) in [6.07, 6.45) is 12.3. The normalized spacial score (nSPS) is 10.5. The predicted octanol–water partition coefficient (Wildman–Crippen LogP) is 2.13. The summed E-state index contributed by atoms with van der Waals surface area (Å²) in [7, 11) is 0. The van der Waals surface area contributed by atoms with Crippen LogP contribution in [0.2, 0.25) is 0 Å². The van der Waals surface area contributed by atoms with Crippen molar-refractivity contribution in [1.29, 1.82) is 0 Å². The minimum absolute atomic E-state index is 0.877. The fourth-order valence-electron chi connectivity index (χ4n) is 0.241. The second-order valence-electron chi connectivity index (χ2n) is 1.11. The molecule has 0 aromatic heterocycles. The molecule has 0 rings (SSSR count). The minimum atomic E-state index is 0.877. The maximum Gasteiger partial charge on any atom is 0.0215 e. The van der Waals surface area contributed by atoms with Crippen molar-refractivity contribution in [3.63, 3.8) is 0 Å². The Bertz CT molecular complexity index is 126. The molecular weight excluding hydrogens is 164 g/mol. The predicted molar refractivity (Wildman–Crippen MR) is 40.9 cm³/mol. The number of halogens is 1. The third-order valence-corrected chi connectivity index (χ3v) is 0.903. The minimum Gasteiger partial charge on any atom is -0.115 e. The van der Waals surface area contributed by atoms with E-state index in [1.54, 1.807) is 6.08 Å². The molecule has 0 saturated heterocycles. The van der Waals surface area contributed by atoms with Gasteiger partial charge in [0.2, 0.25) is 0 Å². The summed E-state index contributed by atoms with van der Waals surface area (Å²) in [5.41, 5.74) is 0. The maximum absolute atomic E-state index is 4.93. The van der Waals surface area contributed by atoms with Crippen LogP contribution in [0.15, 0.2) is 24.3 Å². The summed E-state index contributed by atoms with van der Waals surface area (Å²) < 4.78 is 0. The van der Waals surface area contributed by atoms with Gasteiger partial charge in [-0.1, -0.05) is 40.1 Å². The molecule has 0 spiro atoms. The van der Waals surface area contributed by atoms with Gasteiger partial charge in [-0.2, -0.15) is 0 Å². The highest BCUT2D eigenvalue weighted by Crippen LogP contribution is 1.81. The molecule has 0 heterocycles. The number of hydrogen-bond acceptors (Lipinski definition) is 0. The average Bonchev–Trinajstić information content (AvgIpc) is 1.81. The second-order valence-corrected chi connectivity index (χ2v) is 1.76. The molecule has 0 unspecified atom stereocenters. The lowest BCUT2D eigenvalue weighted by atomic mass is 10.4. The van der Waals surface area contributed by atoms with Crippen LogP contribution in [0.1, 0.15) is 0 Å². The summed E-state index contributed by atoms with van der Waals surface area (Å²) in [5.74, 6) is 2.38. The molecule has 0 fully saturated rings.